The molecule has 5 nitrogen and oxygen atoms in total. The summed E-state index contributed by atoms with van der Waals surface area (Å²) in [5, 5.41) is 0. The van der Waals surface area contributed by atoms with Crippen LogP contribution in [-0.2, 0) is 6.54 Å². The summed E-state index contributed by atoms with van der Waals surface area (Å²) in [6, 6.07) is 2.10. The van der Waals surface area contributed by atoms with Crippen molar-refractivity contribution in [1.29, 1.82) is 0 Å². The highest BCUT2D eigenvalue weighted by Crippen LogP contribution is 2.22. The van der Waals surface area contributed by atoms with Crippen LogP contribution in [0.2, 0.25) is 0 Å². The largest absolute Gasteiger partial charge is 0.341 e. The second-order valence-electron chi connectivity index (χ2n) is 7.79. The lowest BCUT2D eigenvalue weighted by Crippen LogP contribution is -2.40. The SMILES string of the molecule is c1cc(CN2CCC[C@H](CN3CCCC3)C2)nc(N2CCCC2)n1. The van der Waals surface area contributed by atoms with Crippen LogP contribution in [0.15, 0.2) is 12.3 Å². The van der Waals surface area contributed by atoms with Crippen LogP contribution in [0.3, 0.4) is 0 Å². The highest BCUT2D eigenvalue weighted by atomic mass is 15.3. The average Bonchev–Trinajstić information content (AvgIpc) is 3.29. The first-order chi connectivity index (χ1) is 11.9. The molecule has 5 heteroatoms. The molecule has 0 aliphatic carbocycles. The van der Waals surface area contributed by atoms with Gasteiger partial charge in [0, 0.05) is 38.9 Å². The number of piperidine rings is 1. The summed E-state index contributed by atoms with van der Waals surface area (Å²) in [4.78, 5) is 16.9. The van der Waals surface area contributed by atoms with Gasteiger partial charge in [-0.05, 0) is 70.1 Å². The van der Waals surface area contributed by atoms with E-state index in [1.807, 2.05) is 6.20 Å². The summed E-state index contributed by atoms with van der Waals surface area (Å²) in [6.45, 7) is 9.62. The smallest absolute Gasteiger partial charge is 0.225 e. The molecule has 1 aromatic rings. The van der Waals surface area contributed by atoms with Crippen molar-refractivity contribution in [2.24, 2.45) is 5.92 Å². The van der Waals surface area contributed by atoms with Crippen LogP contribution in [0.1, 0.15) is 44.2 Å². The minimum absolute atomic E-state index is 0.844. The maximum Gasteiger partial charge on any atom is 0.225 e. The number of nitrogens with zero attached hydrogens (tertiary/aromatic N) is 5. The molecule has 0 aromatic carbocycles. The van der Waals surface area contributed by atoms with Crippen LogP contribution < -0.4 is 4.90 Å². The van der Waals surface area contributed by atoms with Crippen LogP contribution >= 0.6 is 0 Å². The van der Waals surface area contributed by atoms with Gasteiger partial charge < -0.3 is 9.80 Å². The molecule has 3 saturated heterocycles. The predicted molar refractivity (Wildman–Crippen MR) is 97.2 cm³/mol. The molecule has 4 heterocycles. The molecule has 0 N–H and O–H groups in total. The van der Waals surface area contributed by atoms with Crippen molar-refractivity contribution in [3.8, 4) is 0 Å². The van der Waals surface area contributed by atoms with Crippen molar-refractivity contribution in [2.75, 3.05) is 50.7 Å². The molecule has 0 spiro atoms. The van der Waals surface area contributed by atoms with E-state index in [1.165, 1.54) is 76.9 Å². The lowest BCUT2D eigenvalue weighted by molar-refractivity contribution is 0.136. The van der Waals surface area contributed by atoms with E-state index in [1.54, 1.807) is 0 Å². The summed E-state index contributed by atoms with van der Waals surface area (Å²) in [6.07, 6.45) is 10.0. The first kappa shape index (κ1) is 16.3. The number of anilines is 1. The van der Waals surface area contributed by atoms with Crippen molar-refractivity contribution in [3.63, 3.8) is 0 Å². The third-order valence-electron chi connectivity index (χ3n) is 5.79. The fourth-order valence-corrected chi connectivity index (χ4v) is 4.55. The quantitative estimate of drug-likeness (QED) is 0.829. The topological polar surface area (TPSA) is 35.5 Å². The Hall–Kier alpha value is -1.20. The summed E-state index contributed by atoms with van der Waals surface area (Å²) in [7, 11) is 0. The van der Waals surface area contributed by atoms with Crippen LogP contribution in [0.5, 0.6) is 0 Å². The second kappa shape index (κ2) is 7.79. The van der Waals surface area contributed by atoms with Crippen LogP contribution in [-0.4, -0.2) is 65.6 Å². The molecule has 3 aliphatic rings. The van der Waals surface area contributed by atoms with Crippen LogP contribution in [0.4, 0.5) is 5.95 Å². The van der Waals surface area contributed by atoms with Gasteiger partial charge in [0.15, 0.2) is 0 Å². The molecule has 0 saturated carbocycles. The van der Waals surface area contributed by atoms with Gasteiger partial charge in [0.25, 0.3) is 0 Å². The van der Waals surface area contributed by atoms with Gasteiger partial charge in [-0.2, -0.15) is 0 Å². The normalized spacial score (nSPS) is 26.3. The van der Waals surface area contributed by atoms with Gasteiger partial charge in [-0.15, -0.1) is 0 Å². The molecule has 3 aliphatic heterocycles. The molecular formula is C19H31N5. The Morgan fingerprint density at radius 2 is 1.67 bits per heavy atom. The van der Waals surface area contributed by atoms with Crippen molar-refractivity contribution in [3.05, 3.63) is 18.0 Å². The van der Waals surface area contributed by atoms with E-state index in [4.69, 9.17) is 4.98 Å². The average molecular weight is 329 g/mol. The Balaban J connectivity index is 1.33. The molecule has 3 fully saturated rings. The zero-order valence-electron chi connectivity index (χ0n) is 14.9. The second-order valence-corrected chi connectivity index (χ2v) is 7.79. The first-order valence-electron chi connectivity index (χ1n) is 9.88. The van der Waals surface area contributed by atoms with Gasteiger partial charge >= 0.3 is 0 Å². The van der Waals surface area contributed by atoms with Crippen molar-refractivity contribution >= 4 is 5.95 Å². The number of hydrogen-bond donors (Lipinski definition) is 0. The highest BCUT2D eigenvalue weighted by molar-refractivity contribution is 5.31. The monoisotopic (exact) mass is 329 g/mol. The zero-order chi connectivity index (χ0) is 16.2. The fourth-order valence-electron chi connectivity index (χ4n) is 4.55. The summed E-state index contributed by atoms with van der Waals surface area (Å²) in [5.74, 6) is 1.78. The van der Waals surface area contributed by atoms with E-state index in [0.717, 1.165) is 31.5 Å². The lowest BCUT2D eigenvalue weighted by Gasteiger charge is -2.34. The third-order valence-corrected chi connectivity index (χ3v) is 5.79. The van der Waals surface area contributed by atoms with Gasteiger partial charge in [-0.3, -0.25) is 4.90 Å². The zero-order valence-corrected chi connectivity index (χ0v) is 14.9. The lowest BCUT2D eigenvalue weighted by atomic mass is 9.97. The van der Waals surface area contributed by atoms with E-state index in [0.29, 0.717) is 0 Å². The maximum atomic E-state index is 4.84. The Labute approximate surface area is 146 Å². The van der Waals surface area contributed by atoms with Crippen molar-refractivity contribution < 1.29 is 0 Å². The molecule has 1 aromatic heterocycles. The number of likely N-dealkylation sites (tertiary alicyclic amines) is 2. The van der Waals surface area contributed by atoms with E-state index < -0.39 is 0 Å². The van der Waals surface area contributed by atoms with Crippen LogP contribution in [0, 0.1) is 5.92 Å². The molecule has 1 atom stereocenters. The third kappa shape index (κ3) is 4.06. The Bertz CT molecular complexity index is 522. The standard InChI is InChI=1S/C19H31N5/c1-2-10-22(9-1)14-17-6-5-11-23(15-17)16-18-7-8-20-19(21-18)24-12-3-4-13-24/h7-8,17H,1-6,9-16H2/t17-/m1/s1. The molecule has 0 unspecified atom stereocenters. The number of rotatable bonds is 5. The van der Waals surface area contributed by atoms with E-state index >= 15 is 0 Å². The Kier molecular flexibility index (Phi) is 5.28. The van der Waals surface area contributed by atoms with E-state index in [9.17, 15) is 0 Å². The maximum absolute atomic E-state index is 4.84. The van der Waals surface area contributed by atoms with E-state index in [2.05, 4.69) is 25.8 Å². The van der Waals surface area contributed by atoms with Gasteiger partial charge in [0.2, 0.25) is 5.95 Å². The van der Waals surface area contributed by atoms with Crippen molar-refractivity contribution in [2.45, 2.75) is 45.1 Å². The van der Waals surface area contributed by atoms with Crippen LogP contribution in [0.25, 0.3) is 0 Å². The summed E-state index contributed by atoms with van der Waals surface area (Å²) in [5.41, 5.74) is 1.19. The molecule has 0 amide bonds. The van der Waals surface area contributed by atoms with Gasteiger partial charge in [-0.1, -0.05) is 0 Å². The highest BCUT2D eigenvalue weighted by Gasteiger charge is 2.24. The van der Waals surface area contributed by atoms with Crippen molar-refractivity contribution in [1.82, 2.24) is 19.8 Å². The summed E-state index contributed by atoms with van der Waals surface area (Å²) < 4.78 is 0. The molecule has 4 rings (SSSR count). The van der Waals surface area contributed by atoms with Gasteiger partial charge in [0.05, 0.1) is 5.69 Å². The fraction of sp³-hybridized carbons (Fsp3) is 0.789. The van der Waals surface area contributed by atoms with Gasteiger partial charge in [-0.25, -0.2) is 9.97 Å². The molecule has 0 radical (unpaired) electrons. The molecule has 0 bridgehead atoms. The predicted octanol–water partition coefficient (Wildman–Crippen LogP) is 2.38. The summed E-state index contributed by atoms with van der Waals surface area (Å²) >= 11 is 0. The minimum Gasteiger partial charge on any atom is -0.341 e. The minimum atomic E-state index is 0.844. The number of hydrogen-bond acceptors (Lipinski definition) is 5. The number of aromatic nitrogens is 2. The Morgan fingerprint density at radius 1 is 0.917 bits per heavy atom. The molecule has 24 heavy (non-hydrogen) atoms. The molecule has 132 valence electrons. The molecular weight excluding hydrogens is 298 g/mol. The van der Waals surface area contributed by atoms with E-state index in [-0.39, 0.29) is 0 Å². The van der Waals surface area contributed by atoms with Gasteiger partial charge in [0.1, 0.15) is 0 Å². The Morgan fingerprint density at radius 3 is 2.50 bits per heavy atom. The first-order valence-corrected chi connectivity index (χ1v) is 9.88.